The summed E-state index contributed by atoms with van der Waals surface area (Å²) in [7, 11) is 0. The van der Waals surface area contributed by atoms with Gasteiger partial charge in [0.2, 0.25) is 0 Å². The second-order valence-electron chi connectivity index (χ2n) is 6.09. The van der Waals surface area contributed by atoms with E-state index in [9.17, 15) is 0 Å². The van der Waals surface area contributed by atoms with Crippen molar-refractivity contribution in [2.45, 2.75) is 114 Å². The normalized spacial score (nSPS) is 11.1. The van der Waals surface area contributed by atoms with Gasteiger partial charge in [-0.3, -0.25) is 0 Å². The molecule has 0 aromatic carbocycles. The topological polar surface area (TPSA) is 0 Å². The fourth-order valence-corrected chi connectivity index (χ4v) is 3.52. The van der Waals surface area contributed by atoms with E-state index in [4.69, 9.17) is 0 Å². The fraction of sp³-hybridized carbons (Fsp3) is 1.00. The Labute approximate surface area is 136 Å². The first-order chi connectivity index (χ1) is 9.41. The van der Waals surface area contributed by atoms with Gasteiger partial charge in [-0.2, -0.15) is 0 Å². The summed E-state index contributed by atoms with van der Waals surface area (Å²) in [6.07, 6.45) is 23.7. The minimum absolute atomic E-state index is 1.38. The van der Waals surface area contributed by atoms with Crippen LogP contribution in [0.5, 0.6) is 0 Å². The molecule has 0 spiro atoms. The predicted octanol–water partition coefficient (Wildman–Crippen LogP) is 6.57. The monoisotopic (exact) mass is 374 g/mol. The Hall–Kier alpha value is 0.799. The summed E-state index contributed by atoms with van der Waals surface area (Å²) in [4.78, 5) is 0. The van der Waals surface area contributed by atoms with Gasteiger partial charge in [0.1, 0.15) is 0 Å². The molecule has 0 rings (SSSR count). The summed E-state index contributed by atoms with van der Waals surface area (Å²) < 4.78 is 1.50. The Morgan fingerprint density at radius 2 is 0.684 bits per heavy atom. The van der Waals surface area contributed by atoms with Gasteiger partial charge in [0.05, 0.1) is 0 Å². The molecule has 0 heterocycles. The van der Waals surface area contributed by atoms with E-state index in [0.29, 0.717) is 0 Å². The molecule has 0 atom stereocenters. The van der Waals surface area contributed by atoms with E-state index in [1.54, 1.807) is 0 Å². The van der Waals surface area contributed by atoms with Crippen molar-refractivity contribution in [2.75, 3.05) is 0 Å². The van der Waals surface area contributed by atoms with Crippen LogP contribution in [0, 0.1) is 0 Å². The third kappa shape index (κ3) is 18.8. The third-order valence-electron chi connectivity index (χ3n) is 4.06. The molecule has 2 radical (unpaired) electrons. The zero-order chi connectivity index (χ0) is 14.0. The van der Waals surface area contributed by atoms with E-state index < -0.39 is 0 Å². The summed E-state index contributed by atoms with van der Waals surface area (Å²) in [6, 6.07) is 0. The molecule has 0 unspecified atom stereocenters. The van der Waals surface area contributed by atoms with Crippen LogP contribution in [-0.2, 0) is 0 Å². The maximum absolute atomic E-state index is 2.30. The van der Waals surface area contributed by atoms with Crippen LogP contribution >= 0.6 is 0 Å². The molecule has 0 aliphatic heterocycles. The van der Waals surface area contributed by atoms with Crippen LogP contribution in [0.25, 0.3) is 0 Å². The average Bonchev–Trinajstić information content (AvgIpc) is 2.43. The van der Waals surface area contributed by atoms with E-state index in [-0.39, 0.29) is 0 Å². The summed E-state index contributed by atoms with van der Waals surface area (Å²) in [5.74, 6) is 0. The minimum atomic E-state index is 1.38. The Morgan fingerprint density at radius 3 is 0.947 bits per heavy atom. The van der Waals surface area contributed by atoms with Crippen molar-refractivity contribution in [2.24, 2.45) is 0 Å². The van der Waals surface area contributed by atoms with E-state index in [0.717, 1.165) is 0 Å². The molecule has 19 heavy (non-hydrogen) atoms. The Kier molecular flexibility index (Phi) is 19.6. The van der Waals surface area contributed by atoms with E-state index >= 15 is 0 Å². The molecule has 1 heteroatoms. The van der Waals surface area contributed by atoms with E-state index in [1.807, 2.05) is 0 Å². The van der Waals surface area contributed by atoms with Crippen molar-refractivity contribution in [3.8, 4) is 0 Å². The third-order valence-corrected chi connectivity index (χ3v) is 5.22. The fourth-order valence-electron chi connectivity index (χ4n) is 2.69. The molecule has 0 nitrogen and oxygen atoms in total. The molecule has 0 N–H and O–H groups in total. The van der Waals surface area contributed by atoms with Crippen molar-refractivity contribution in [1.82, 2.24) is 0 Å². The van der Waals surface area contributed by atoms with Crippen LogP contribution in [0.2, 0.25) is 4.44 Å². The van der Waals surface area contributed by atoms with Crippen LogP contribution < -0.4 is 0 Å². The zero-order valence-electron chi connectivity index (χ0n) is 13.6. The van der Waals surface area contributed by atoms with Crippen LogP contribution in [0.15, 0.2) is 0 Å². The van der Waals surface area contributed by atoms with E-state index in [1.165, 1.54) is 130 Å². The molecule has 0 aromatic rings. The number of unbranched alkanes of at least 4 members (excludes halogenated alkanes) is 15. The molecule has 0 aliphatic rings. The second kappa shape index (κ2) is 18.8. The van der Waals surface area contributed by atoms with Crippen molar-refractivity contribution >= 4 is 22.5 Å². The van der Waals surface area contributed by atoms with Gasteiger partial charge >= 0.3 is 97.6 Å². The molecule has 0 saturated carbocycles. The summed E-state index contributed by atoms with van der Waals surface area (Å²) in [5.41, 5.74) is 0. The van der Waals surface area contributed by atoms with Crippen LogP contribution in [0.4, 0.5) is 0 Å². The molecule has 0 aliphatic carbocycles. The zero-order valence-corrected chi connectivity index (χ0v) is 16.9. The molecule has 0 amide bonds. The first-order valence-electron chi connectivity index (χ1n) is 9.12. The van der Waals surface area contributed by atoms with Crippen molar-refractivity contribution in [3.05, 3.63) is 0 Å². The van der Waals surface area contributed by atoms with Gasteiger partial charge in [0.15, 0.2) is 0 Å². The first-order valence-corrected chi connectivity index (χ1v) is 11.4. The quantitative estimate of drug-likeness (QED) is 0.212. The summed E-state index contributed by atoms with van der Waals surface area (Å²) in [6.45, 7) is 2.30. The maximum atomic E-state index is 2.30. The second-order valence-corrected chi connectivity index (χ2v) is 7.74. The average molecular weight is 373 g/mol. The standard InChI is InChI=1S/C18H37.Sn.H/c1-3-5-7-9-11-13-15-17-18-16-14-12-10-8-6-4-2;;/h1,3-18H2,2H3;;. The van der Waals surface area contributed by atoms with Crippen molar-refractivity contribution in [3.63, 3.8) is 0 Å². The van der Waals surface area contributed by atoms with Gasteiger partial charge in [0, 0.05) is 0 Å². The van der Waals surface area contributed by atoms with Gasteiger partial charge in [0.25, 0.3) is 0 Å². The molecule has 114 valence electrons. The first kappa shape index (κ1) is 19.8. The van der Waals surface area contributed by atoms with Crippen LogP contribution in [0.3, 0.4) is 0 Å². The molecule has 0 saturated heterocycles. The molecule has 0 bridgehead atoms. The Morgan fingerprint density at radius 1 is 0.421 bits per heavy atom. The number of hydrogen-bond acceptors (Lipinski definition) is 0. The van der Waals surface area contributed by atoms with Crippen LogP contribution in [-0.4, -0.2) is 22.5 Å². The molecular formula is C18H38Sn. The molecular weight excluding hydrogens is 335 g/mol. The Balaban J connectivity index is 2.88. The van der Waals surface area contributed by atoms with Crippen molar-refractivity contribution < 1.29 is 0 Å². The predicted molar refractivity (Wildman–Crippen MR) is 91.5 cm³/mol. The van der Waals surface area contributed by atoms with Gasteiger partial charge in [-0.1, -0.05) is 39.0 Å². The van der Waals surface area contributed by atoms with Gasteiger partial charge in [-0.05, 0) is 0 Å². The SMILES string of the molecule is CCCCCCCCCCCCCCCCC[CH2][SnH]. The molecule has 0 aromatic heterocycles. The molecule has 0 fully saturated rings. The van der Waals surface area contributed by atoms with Crippen LogP contribution in [0.1, 0.15) is 110 Å². The van der Waals surface area contributed by atoms with Crippen molar-refractivity contribution in [1.29, 1.82) is 0 Å². The van der Waals surface area contributed by atoms with Gasteiger partial charge < -0.3 is 0 Å². The van der Waals surface area contributed by atoms with E-state index in [2.05, 4.69) is 6.92 Å². The summed E-state index contributed by atoms with van der Waals surface area (Å²) in [5, 5.41) is 0. The number of hydrogen-bond donors (Lipinski definition) is 0. The van der Waals surface area contributed by atoms with Gasteiger partial charge in [-0.15, -0.1) is 0 Å². The Bertz CT molecular complexity index is 129. The van der Waals surface area contributed by atoms with Gasteiger partial charge in [-0.25, -0.2) is 0 Å². The number of rotatable bonds is 16. The summed E-state index contributed by atoms with van der Waals surface area (Å²) >= 11 is 1.47.